The smallest absolute Gasteiger partial charge is 0.242 e. The number of aromatic nitrogens is 1. The van der Waals surface area contributed by atoms with Crippen LogP contribution >= 0.6 is 15.9 Å². The molecule has 88 valence electrons. The number of hydrogen-bond donors (Lipinski definition) is 2. The first-order valence-corrected chi connectivity index (χ1v) is 6.02. The summed E-state index contributed by atoms with van der Waals surface area (Å²) in [4.78, 5) is 15.8. The third kappa shape index (κ3) is 3.57. The number of pyridine rings is 1. The number of nitrogens with two attached hydrogens (primary N) is 1. The fourth-order valence-electron chi connectivity index (χ4n) is 1.17. The zero-order valence-corrected chi connectivity index (χ0v) is 11.0. The molecule has 5 heteroatoms. The van der Waals surface area contributed by atoms with Crippen molar-refractivity contribution in [1.82, 2.24) is 4.98 Å². The van der Waals surface area contributed by atoms with Gasteiger partial charge in [0.25, 0.3) is 0 Å². The summed E-state index contributed by atoms with van der Waals surface area (Å²) in [5, 5.41) is 2.69. The normalized spacial score (nSPS) is 14.2. The van der Waals surface area contributed by atoms with Crippen LogP contribution in [0.1, 0.15) is 20.3 Å². The van der Waals surface area contributed by atoms with Crippen LogP contribution < -0.4 is 11.1 Å². The summed E-state index contributed by atoms with van der Waals surface area (Å²) in [6.45, 7) is 3.97. The summed E-state index contributed by atoms with van der Waals surface area (Å²) >= 11 is 3.28. The molecule has 1 amide bonds. The van der Waals surface area contributed by atoms with Gasteiger partial charge in [-0.2, -0.15) is 0 Å². The van der Waals surface area contributed by atoms with Gasteiger partial charge in [-0.3, -0.25) is 4.79 Å². The van der Waals surface area contributed by atoms with Crippen LogP contribution in [0, 0.1) is 5.92 Å². The van der Waals surface area contributed by atoms with Gasteiger partial charge in [-0.1, -0.05) is 20.3 Å². The predicted molar refractivity (Wildman–Crippen MR) is 68.0 cm³/mol. The van der Waals surface area contributed by atoms with Gasteiger partial charge in [-0.05, 0) is 34.0 Å². The topological polar surface area (TPSA) is 68.0 Å². The standard InChI is InChI=1S/C11H16BrN3O/c1-3-7(2)10(13)11(16)15-9-5-4-8(12)6-14-9/h4-7,10H,3,13H2,1-2H3,(H,14,15,16)/t7?,10-/m0/s1. The average molecular weight is 286 g/mol. The predicted octanol–water partition coefficient (Wildman–Crippen LogP) is 2.16. The van der Waals surface area contributed by atoms with E-state index in [-0.39, 0.29) is 11.8 Å². The van der Waals surface area contributed by atoms with Gasteiger partial charge >= 0.3 is 0 Å². The van der Waals surface area contributed by atoms with Crippen molar-refractivity contribution in [2.45, 2.75) is 26.3 Å². The molecule has 1 aromatic heterocycles. The van der Waals surface area contributed by atoms with Crippen molar-refractivity contribution in [3.8, 4) is 0 Å². The number of amides is 1. The minimum absolute atomic E-state index is 0.162. The van der Waals surface area contributed by atoms with Gasteiger partial charge in [0, 0.05) is 10.7 Å². The van der Waals surface area contributed by atoms with E-state index in [1.165, 1.54) is 0 Å². The molecule has 0 bridgehead atoms. The van der Waals surface area contributed by atoms with Crippen LogP contribution in [0.25, 0.3) is 0 Å². The van der Waals surface area contributed by atoms with Crippen molar-refractivity contribution < 1.29 is 4.79 Å². The van der Waals surface area contributed by atoms with Gasteiger partial charge in [0.1, 0.15) is 5.82 Å². The number of carbonyl (C=O) groups excluding carboxylic acids is 1. The van der Waals surface area contributed by atoms with E-state index in [0.29, 0.717) is 5.82 Å². The number of hydrogen-bond acceptors (Lipinski definition) is 3. The minimum atomic E-state index is -0.490. The van der Waals surface area contributed by atoms with Gasteiger partial charge in [0.2, 0.25) is 5.91 Å². The molecule has 0 aliphatic rings. The second kappa shape index (κ2) is 5.96. The van der Waals surface area contributed by atoms with E-state index < -0.39 is 6.04 Å². The Morgan fingerprint density at radius 1 is 1.62 bits per heavy atom. The summed E-state index contributed by atoms with van der Waals surface area (Å²) in [6.07, 6.45) is 2.51. The molecule has 1 aromatic rings. The highest BCUT2D eigenvalue weighted by atomic mass is 79.9. The fourth-order valence-corrected chi connectivity index (χ4v) is 1.41. The van der Waals surface area contributed by atoms with Crippen LogP contribution in [0.5, 0.6) is 0 Å². The van der Waals surface area contributed by atoms with Crippen molar-refractivity contribution >= 4 is 27.7 Å². The first-order chi connectivity index (χ1) is 7.54. The molecule has 0 aliphatic heterocycles. The largest absolute Gasteiger partial charge is 0.320 e. The first-order valence-electron chi connectivity index (χ1n) is 5.22. The number of nitrogens with one attached hydrogen (secondary N) is 1. The molecule has 0 aliphatic carbocycles. The Balaban J connectivity index is 2.60. The van der Waals surface area contributed by atoms with Crippen LogP contribution in [-0.2, 0) is 4.79 Å². The molecule has 0 saturated carbocycles. The van der Waals surface area contributed by atoms with Gasteiger partial charge in [-0.25, -0.2) is 4.98 Å². The summed E-state index contributed by atoms with van der Waals surface area (Å²) in [7, 11) is 0. The maximum absolute atomic E-state index is 11.7. The SMILES string of the molecule is CCC(C)[C@H](N)C(=O)Nc1ccc(Br)cn1. The summed E-state index contributed by atoms with van der Waals surface area (Å²) in [5.74, 6) is 0.492. The number of nitrogens with zero attached hydrogens (tertiary/aromatic N) is 1. The van der Waals surface area contributed by atoms with Gasteiger partial charge in [-0.15, -0.1) is 0 Å². The zero-order chi connectivity index (χ0) is 12.1. The lowest BCUT2D eigenvalue weighted by Crippen LogP contribution is -2.40. The second-order valence-electron chi connectivity index (χ2n) is 3.76. The van der Waals surface area contributed by atoms with Crippen LogP contribution in [0.3, 0.4) is 0 Å². The molecule has 1 unspecified atom stereocenters. The summed E-state index contributed by atoms with van der Waals surface area (Å²) in [5.41, 5.74) is 5.80. The van der Waals surface area contributed by atoms with Crippen LogP contribution in [0.2, 0.25) is 0 Å². The van der Waals surface area contributed by atoms with E-state index in [1.807, 2.05) is 19.9 Å². The molecule has 0 spiro atoms. The van der Waals surface area contributed by atoms with Crippen LogP contribution in [0.4, 0.5) is 5.82 Å². The Hall–Kier alpha value is -0.940. The van der Waals surface area contributed by atoms with E-state index in [2.05, 4.69) is 26.2 Å². The number of anilines is 1. The van der Waals surface area contributed by atoms with Crippen molar-refractivity contribution in [3.63, 3.8) is 0 Å². The molecular formula is C11H16BrN3O. The molecular weight excluding hydrogens is 270 g/mol. The van der Waals surface area contributed by atoms with Crippen LogP contribution in [-0.4, -0.2) is 16.9 Å². The number of halogens is 1. The Bertz CT molecular complexity index is 353. The molecule has 0 saturated heterocycles. The maximum Gasteiger partial charge on any atom is 0.242 e. The lowest BCUT2D eigenvalue weighted by molar-refractivity contribution is -0.118. The molecule has 0 radical (unpaired) electrons. The number of carbonyl (C=O) groups is 1. The molecule has 3 N–H and O–H groups in total. The van der Waals surface area contributed by atoms with Gasteiger partial charge in [0.05, 0.1) is 6.04 Å². The third-order valence-corrected chi connectivity index (χ3v) is 3.01. The highest BCUT2D eigenvalue weighted by Crippen LogP contribution is 2.12. The maximum atomic E-state index is 11.7. The first kappa shape index (κ1) is 13.1. The highest BCUT2D eigenvalue weighted by molar-refractivity contribution is 9.10. The Labute approximate surface area is 104 Å². The van der Waals surface area contributed by atoms with E-state index in [9.17, 15) is 4.79 Å². The number of rotatable bonds is 4. The molecule has 0 aromatic carbocycles. The van der Waals surface area contributed by atoms with Crippen molar-refractivity contribution in [3.05, 3.63) is 22.8 Å². The summed E-state index contributed by atoms with van der Waals surface area (Å²) in [6, 6.07) is 3.05. The lowest BCUT2D eigenvalue weighted by Gasteiger charge is -2.17. The summed E-state index contributed by atoms with van der Waals surface area (Å²) < 4.78 is 0.872. The van der Waals surface area contributed by atoms with Crippen molar-refractivity contribution in [2.75, 3.05) is 5.32 Å². The third-order valence-electron chi connectivity index (χ3n) is 2.54. The molecule has 1 heterocycles. The van der Waals surface area contributed by atoms with E-state index in [1.54, 1.807) is 12.3 Å². The van der Waals surface area contributed by atoms with Gasteiger partial charge < -0.3 is 11.1 Å². The monoisotopic (exact) mass is 285 g/mol. The molecule has 2 atom stereocenters. The Morgan fingerprint density at radius 3 is 2.81 bits per heavy atom. The second-order valence-corrected chi connectivity index (χ2v) is 4.68. The fraction of sp³-hybridized carbons (Fsp3) is 0.455. The van der Waals surface area contributed by atoms with E-state index in [0.717, 1.165) is 10.9 Å². The molecule has 1 rings (SSSR count). The molecule has 4 nitrogen and oxygen atoms in total. The van der Waals surface area contributed by atoms with Crippen molar-refractivity contribution in [2.24, 2.45) is 11.7 Å². The Morgan fingerprint density at radius 2 is 2.31 bits per heavy atom. The zero-order valence-electron chi connectivity index (χ0n) is 9.40. The highest BCUT2D eigenvalue weighted by Gasteiger charge is 2.19. The quantitative estimate of drug-likeness (QED) is 0.891. The van der Waals surface area contributed by atoms with Gasteiger partial charge in [0.15, 0.2) is 0 Å². The minimum Gasteiger partial charge on any atom is -0.320 e. The van der Waals surface area contributed by atoms with E-state index >= 15 is 0 Å². The van der Waals surface area contributed by atoms with Crippen molar-refractivity contribution in [1.29, 1.82) is 0 Å². The Kier molecular flexibility index (Phi) is 4.89. The lowest BCUT2D eigenvalue weighted by atomic mass is 9.99. The molecule has 0 fully saturated rings. The van der Waals surface area contributed by atoms with Crippen LogP contribution in [0.15, 0.2) is 22.8 Å². The molecule has 16 heavy (non-hydrogen) atoms. The van der Waals surface area contributed by atoms with E-state index in [4.69, 9.17) is 5.73 Å². The average Bonchev–Trinajstić information content (AvgIpc) is 2.30.